The molecule has 1 unspecified atom stereocenters. The summed E-state index contributed by atoms with van der Waals surface area (Å²) in [6.45, 7) is 3.14. The van der Waals surface area contributed by atoms with Crippen LogP contribution in [0.3, 0.4) is 0 Å². The maximum Gasteiger partial charge on any atom is 0.329 e. The Morgan fingerprint density at radius 3 is 2.67 bits per heavy atom. The molecule has 2 N–H and O–H groups in total. The zero-order valence-corrected chi connectivity index (χ0v) is 12.4. The van der Waals surface area contributed by atoms with E-state index < -0.39 is 17.4 Å². The molecule has 0 spiro atoms. The summed E-state index contributed by atoms with van der Waals surface area (Å²) in [5.41, 5.74) is -0.653. The summed E-state index contributed by atoms with van der Waals surface area (Å²) in [6, 6.07) is 8.61. The van der Waals surface area contributed by atoms with Gasteiger partial charge in [-0.3, -0.25) is 4.79 Å². The lowest BCUT2D eigenvalue weighted by molar-refractivity contribution is -0.143. The van der Waals surface area contributed by atoms with Crippen LogP contribution in [0.15, 0.2) is 30.3 Å². The number of nitrogens with zero attached hydrogens (tertiary/aromatic N) is 1. The van der Waals surface area contributed by atoms with E-state index in [1.54, 1.807) is 25.1 Å². The zero-order valence-electron chi connectivity index (χ0n) is 11.7. The van der Waals surface area contributed by atoms with Gasteiger partial charge >= 0.3 is 5.97 Å². The second-order valence-corrected chi connectivity index (χ2v) is 5.36. The number of hydrogen-bond donors (Lipinski definition) is 2. The van der Waals surface area contributed by atoms with Crippen molar-refractivity contribution in [2.24, 2.45) is 0 Å². The number of para-hydroxylation sites is 1. The third-order valence-electron chi connectivity index (χ3n) is 3.47. The van der Waals surface area contributed by atoms with Crippen LogP contribution in [0.2, 0.25) is 5.02 Å². The molecule has 1 aromatic heterocycles. The first kappa shape index (κ1) is 15.3. The minimum Gasteiger partial charge on any atom is -0.480 e. The lowest BCUT2D eigenvalue weighted by Crippen LogP contribution is -2.51. The Balaban J connectivity index is 2.38. The normalized spacial score (nSPS) is 13.7. The van der Waals surface area contributed by atoms with Gasteiger partial charge in [-0.1, -0.05) is 36.7 Å². The van der Waals surface area contributed by atoms with Crippen LogP contribution in [0.5, 0.6) is 0 Å². The molecule has 6 heteroatoms. The predicted molar refractivity (Wildman–Crippen MR) is 80.6 cm³/mol. The lowest BCUT2D eigenvalue weighted by Gasteiger charge is -2.24. The smallest absolute Gasteiger partial charge is 0.329 e. The summed E-state index contributed by atoms with van der Waals surface area (Å²) in [7, 11) is 0. The highest BCUT2D eigenvalue weighted by atomic mass is 35.5. The summed E-state index contributed by atoms with van der Waals surface area (Å²) in [4.78, 5) is 27.7. The SMILES string of the molecule is CCC(C)(NC(=O)c1cc(Cl)c2ccccc2n1)C(=O)O. The molecule has 110 valence electrons. The van der Waals surface area contributed by atoms with Crippen molar-refractivity contribution in [3.63, 3.8) is 0 Å². The molecule has 1 aromatic carbocycles. The van der Waals surface area contributed by atoms with Crippen LogP contribution in [-0.2, 0) is 4.79 Å². The summed E-state index contributed by atoms with van der Waals surface area (Å²) in [5, 5.41) is 12.8. The van der Waals surface area contributed by atoms with Crippen LogP contribution < -0.4 is 5.32 Å². The van der Waals surface area contributed by atoms with E-state index in [1.165, 1.54) is 13.0 Å². The average molecular weight is 307 g/mol. The third kappa shape index (κ3) is 2.97. The van der Waals surface area contributed by atoms with Gasteiger partial charge in [0.05, 0.1) is 10.5 Å². The second-order valence-electron chi connectivity index (χ2n) is 4.95. The van der Waals surface area contributed by atoms with Crippen LogP contribution in [0, 0.1) is 0 Å². The third-order valence-corrected chi connectivity index (χ3v) is 3.78. The Morgan fingerprint density at radius 1 is 1.38 bits per heavy atom. The van der Waals surface area contributed by atoms with Crippen LogP contribution in [0.25, 0.3) is 10.9 Å². The lowest BCUT2D eigenvalue weighted by atomic mass is 9.99. The minimum atomic E-state index is -1.34. The Kier molecular flexibility index (Phi) is 4.14. The number of carbonyl (C=O) groups is 2. The van der Waals surface area contributed by atoms with Crippen LogP contribution >= 0.6 is 11.6 Å². The van der Waals surface area contributed by atoms with E-state index in [4.69, 9.17) is 11.6 Å². The molecule has 0 aliphatic heterocycles. The molecule has 1 amide bonds. The average Bonchev–Trinajstić information content (AvgIpc) is 2.46. The molecule has 0 aliphatic carbocycles. The van der Waals surface area contributed by atoms with Gasteiger partial charge in [-0.15, -0.1) is 0 Å². The maximum absolute atomic E-state index is 12.2. The van der Waals surface area contributed by atoms with E-state index >= 15 is 0 Å². The number of carboxylic acids is 1. The Morgan fingerprint density at radius 2 is 2.05 bits per heavy atom. The minimum absolute atomic E-state index is 0.0969. The largest absolute Gasteiger partial charge is 0.480 e. The van der Waals surface area contributed by atoms with Gasteiger partial charge in [0.1, 0.15) is 11.2 Å². The Hall–Kier alpha value is -2.14. The van der Waals surface area contributed by atoms with Crippen molar-refractivity contribution >= 4 is 34.4 Å². The topological polar surface area (TPSA) is 79.3 Å². The van der Waals surface area contributed by atoms with Gasteiger partial charge in [-0.25, -0.2) is 9.78 Å². The molecular formula is C15H15ClN2O3. The van der Waals surface area contributed by atoms with E-state index in [2.05, 4.69) is 10.3 Å². The number of aliphatic carboxylic acids is 1. The van der Waals surface area contributed by atoms with Crippen molar-refractivity contribution < 1.29 is 14.7 Å². The van der Waals surface area contributed by atoms with E-state index in [9.17, 15) is 14.7 Å². The summed E-state index contributed by atoms with van der Waals surface area (Å²) < 4.78 is 0. The predicted octanol–water partition coefficient (Wildman–Crippen LogP) is 2.87. The van der Waals surface area contributed by atoms with Crippen molar-refractivity contribution in [1.29, 1.82) is 0 Å². The van der Waals surface area contributed by atoms with Gasteiger partial charge < -0.3 is 10.4 Å². The number of halogens is 1. The molecular weight excluding hydrogens is 292 g/mol. The number of hydrogen-bond acceptors (Lipinski definition) is 3. The molecule has 0 saturated heterocycles. The van der Waals surface area contributed by atoms with E-state index in [0.717, 1.165) is 5.39 Å². The highest BCUT2D eigenvalue weighted by Gasteiger charge is 2.33. The fourth-order valence-electron chi connectivity index (χ4n) is 1.86. The van der Waals surface area contributed by atoms with Crippen LogP contribution in [-0.4, -0.2) is 27.5 Å². The van der Waals surface area contributed by atoms with Crippen molar-refractivity contribution in [2.75, 3.05) is 0 Å². The van der Waals surface area contributed by atoms with Gasteiger partial charge in [0.15, 0.2) is 0 Å². The first-order chi connectivity index (χ1) is 9.87. The van der Waals surface area contributed by atoms with Gasteiger partial charge in [-0.2, -0.15) is 0 Å². The molecule has 0 aliphatic rings. The molecule has 2 aromatic rings. The summed E-state index contributed by atoms with van der Waals surface area (Å²) >= 11 is 6.14. The van der Waals surface area contributed by atoms with Gasteiger partial charge in [0, 0.05) is 5.39 Å². The second kappa shape index (κ2) is 5.69. The van der Waals surface area contributed by atoms with Crippen LogP contribution in [0.1, 0.15) is 30.8 Å². The highest BCUT2D eigenvalue weighted by molar-refractivity contribution is 6.35. The summed E-state index contributed by atoms with van der Waals surface area (Å²) in [6.07, 6.45) is 0.259. The Bertz CT molecular complexity index is 717. The molecule has 21 heavy (non-hydrogen) atoms. The number of carbonyl (C=O) groups excluding carboxylic acids is 1. The van der Waals surface area contributed by atoms with Crippen LogP contribution in [0.4, 0.5) is 0 Å². The first-order valence-corrected chi connectivity index (χ1v) is 6.86. The molecule has 0 saturated carbocycles. The summed E-state index contributed by atoms with van der Waals surface area (Å²) in [5.74, 6) is -1.65. The van der Waals surface area contributed by atoms with Gasteiger partial charge in [-0.05, 0) is 25.5 Å². The van der Waals surface area contributed by atoms with Gasteiger partial charge in [0.25, 0.3) is 5.91 Å². The monoisotopic (exact) mass is 306 g/mol. The van der Waals surface area contributed by atoms with Crippen molar-refractivity contribution in [3.8, 4) is 0 Å². The van der Waals surface area contributed by atoms with Gasteiger partial charge in [0.2, 0.25) is 0 Å². The standard InChI is InChI=1S/C15H15ClN2O3/c1-3-15(2,14(20)21)18-13(19)12-8-10(16)9-6-4-5-7-11(9)17-12/h4-8H,3H2,1-2H3,(H,18,19)(H,20,21). The molecule has 2 rings (SSSR count). The van der Waals surface area contributed by atoms with Crippen molar-refractivity contribution in [2.45, 2.75) is 25.8 Å². The van der Waals surface area contributed by atoms with E-state index in [0.29, 0.717) is 10.5 Å². The number of amides is 1. The molecule has 0 radical (unpaired) electrons. The number of aromatic nitrogens is 1. The quantitative estimate of drug-likeness (QED) is 0.910. The molecule has 0 fully saturated rings. The van der Waals surface area contributed by atoms with E-state index in [1.807, 2.05) is 6.07 Å². The number of carboxylic acid groups (broad SMARTS) is 1. The molecule has 1 atom stereocenters. The number of benzene rings is 1. The van der Waals surface area contributed by atoms with E-state index in [-0.39, 0.29) is 12.1 Å². The molecule has 5 nitrogen and oxygen atoms in total. The fourth-order valence-corrected chi connectivity index (χ4v) is 2.12. The number of pyridine rings is 1. The number of nitrogens with one attached hydrogen (secondary N) is 1. The first-order valence-electron chi connectivity index (χ1n) is 6.48. The maximum atomic E-state index is 12.2. The highest BCUT2D eigenvalue weighted by Crippen LogP contribution is 2.23. The molecule has 1 heterocycles. The fraction of sp³-hybridized carbons (Fsp3) is 0.267. The number of fused-ring (bicyclic) bond motifs is 1. The molecule has 0 bridgehead atoms. The number of rotatable bonds is 4. The Labute approximate surface area is 126 Å². The zero-order chi connectivity index (χ0) is 15.6. The van der Waals surface area contributed by atoms with Crippen molar-refractivity contribution in [1.82, 2.24) is 10.3 Å². The van der Waals surface area contributed by atoms with Crippen molar-refractivity contribution in [3.05, 3.63) is 41.0 Å².